The second-order valence-corrected chi connectivity index (χ2v) is 5.44. The Morgan fingerprint density at radius 2 is 2.11 bits per heavy atom. The molecule has 1 fully saturated rings. The van der Waals surface area contributed by atoms with Gasteiger partial charge in [-0.2, -0.15) is 11.3 Å². The minimum atomic E-state index is -0.604. The van der Waals surface area contributed by atoms with Gasteiger partial charge in [0.05, 0.1) is 6.10 Å². The van der Waals surface area contributed by atoms with E-state index in [1.54, 1.807) is 11.3 Å². The maximum absolute atomic E-state index is 11.9. The van der Waals surface area contributed by atoms with Gasteiger partial charge in [0.1, 0.15) is 0 Å². The minimum Gasteiger partial charge on any atom is -0.387 e. The van der Waals surface area contributed by atoms with Crippen LogP contribution in [0.25, 0.3) is 0 Å². The fourth-order valence-corrected chi connectivity index (χ4v) is 2.86. The monoisotopic (exact) mass is 268 g/mol. The molecule has 0 aliphatic carbocycles. The number of rotatable bonds is 3. The Hall–Kier alpha value is -1.07. The summed E-state index contributed by atoms with van der Waals surface area (Å²) in [7, 11) is 0. The summed E-state index contributed by atoms with van der Waals surface area (Å²) in [6.07, 6.45) is 3.98. The van der Waals surface area contributed by atoms with E-state index in [1.807, 2.05) is 21.7 Å². The van der Waals surface area contributed by atoms with Gasteiger partial charge in [0, 0.05) is 19.6 Å². The Labute approximate surface area is 112 Å². The number of thiophene rings is 1. The number of hydrogen-bond donors (Lipinski definition) is 2. The SMILES string of the molecule is O=C(NCC(O)c1ccsc1)N1CCCCCC1. The molecule has 18 heavy (non-hydrogen) atoms. The Kier molecular flexibility index (Phi) is 5.01. The smallest absolute Gasteiger partial charge is 0.317 e. The van der Waals surface area contributed by atoms with E-state index in [0.29, 0.717) is 0 Å². The van der Waals surface area contributed by atoms with E-state index in [4.69, 9.17) is 0 Å². The zero-order valence-corrected chi connectivity index (χ0v) is 11.3. The summed E-state index contributed by atoms with van der Waals surface area (Å²) in [5.74, 6) is 0. The van der Waals surface area contributed by atoms with Crippen LogP contribution in [0.2, 0.25) is 0 Å². The van der Waals surface area contributed by atoms with E-state index < -0.39 is 6.10 Å². The predicted molar refractivity (Wildman–Crippen MR) is 72.7 cm³/mol. The molecule has 1 aliphatic heterocycles. The molecule has 1 unspecified atom stereocenters. The Balaban J connectivity index is 1.77. The second kappa shape index (κ2) is 6.75. The average molecular weight is 268 g/mol. The molecule has 0 radical (unpaired) electrons. The fraction of sp³-hybridized carbons (Fsp3) is 0.615. The van der Waals surface area contributed by atoms with Crippen molar-refractivity contribution >= 4 is 17.4 Å². The first kappa shape index (κ1) is 13.4. The lowest BCUT2D eigenvalue weighted by Crippen LogP contribution is -2.41. The first-order valence-electron chi connectivity index (χ1n) is 6.50. The largest absolute Gasteiger partial charge is 0.387 e. The van der Waals surface area contributed by atoms with E-state index in [2.05, 4.69) is 5.32 Å². The van der Waals surface area contributed by atoms with Crippen molar-refractivity contribution in [3.05, 3.63) is 22.4 Å². The van der Waals surface area contributed by atoms with Crippen LogP contribution < -0.4 is 5.32 Å². The number of urea groups is 1. The van der Waals surface area contributed by atoms with Gasteiger partial charge >= 0.3 is 6.03 Å². The summed E-state index contributed by atoms with van der Waals surface area (Å²) < 4.78 is 0. The van der Waals surface area contributed by atoms with Crippen LogP contribution in [0.4, 0.5) is 4.79 Å². The zero-order valence-electron chi connectivity index (χ0n) is 10.5. The van der Waals surface area contributed by atoms with Crippen molar-refractivity contribution in [2.45, 2.75) is 31.8 Å². The molecular formula is C13H20N2O2S. The third-order valence-corrected chi connectivity index (χ3v) is 3.97. The Morgan fingerprint density at radius 3 is 2.72 bits per heavy atom. The van der Waals surface area contributed by atoms with Crippen LogP contribution in [0, 0.1) is 0 Å². The van der Waals surface area contributed by atoms with Crippen LogP contribution in [0.5, 0.6) is 0 Å². The number of carbonyl (C=O) groups excluding carboxylic acids is 1. The van der Waals surface area contributed by atoms with Gasteiger partial charge in [-0.3, -0.25) is 0 Å². The number of likely N-dealkylation sites (tertiary alicyclic amines) is 1. The minimum absolute atomic E-state index is 0.0498. The molecule has 4 nitrogen and oxygen atoms in total. The van der Waals surface area contributed by atoms with Gasteiger partial charge in [-0.15, -0.1) is 0 Å². The van der Waals surface area contributed by atoms with Gasteiger partial charge in [-0.25, -0.2) is 4.79 Å². The van der Waals surface area contributed by atoms with Crippen molar-refractivity contribution < 1.29 is 9.90 Å². The first-order valence-corrected chi connectivity index (χ1v) is 7.44. The highest BCUT2D eigenvalue weighted by Crippen LogP contribution is 2.15. The number of aliphatic hydroxyl groups is 1. The second-order valence-electron chi connectivity index (χ2n) is 4.66. The normalized spacial score (nSPS) is 18.2. The zero-order chi connectivity index (χ0) is 12.8. The van der Waals surface area contributed by atoms with E-state index in [9.17, 15) is 9.90 Å². The predicted octanol–water partition coefficient (Wildman–Crippen LogP) is 2.37. The highest BCUT2D eigenvalue weighted by molar-refractivity contribution is 7.07. The van der Waals surface area contributed by atoms with Gasteiger partial charge in [0.25, 0.3) is 0 Å². The molecule has 1 saturated heterocycles. The number of carbonyl (C=O) groups is 1. The molecule has 2 N–H and O–H groups in total. The quantitative estimate of drug-likeness (QED) is 0.884. The number of aliphatic hydroxyl groups excluding tert-OH is 1. The van der Waals surface area contributed by atoms with Gasteiger partial charge in [-0.1, -0.05) is 12.8 Å². The fourth-order valence-electron chi connectivity index (χ4n) is 2.15. The van der Waals surface area contributed by atoms with Gasteiger partial charge in [-0.05, 0) is 35.2 Å². The molecule has 2 amide bonds. The van der Waals surface area contributed by atoms with Gasteiger partial charge in [0.15, 0.2) is 0 Å². The van der Waals surface area contributed by atoms with Crippen molar-refractivity contribution in [2.75, 3.05) is 19.6 Å². The number of hydrogen-bond acceptors (Lipinski definition) is 3. The standard InChI is InChI=1S/C13H20N2O2S/c16-12(11-5-8-18-10-11)9-14-13(17)15-6-3-1-2-4-7-15/h5,8,10,12,16H,1-4,6-7,9H2,(H,14,17). The van der Waals surface area contributed by atoms with E-state index >= 15 is 0 Å². The van der Waals surface area contributed by atoms with E-state index in [0.717, 1.165) is 31.5 Å². The lowest BCUT2D eigenvalue weighted by atomic mass is 10.2. The van der Waals surface area contributed by atoms with Crippen molar-refractivity contribution in [3.8, 4) is 0 Å². The molecule has 0 saturated carbocycles. The Bertz CT molecular complexity index is 359. The molecule has 2 rings (SSSR count). The molecule has 1 atom stereocenters. The van der Waals surface area contributed by atoms with Crippen LogP contribution in [-0.4, -0.2) is 35.7 Å². The lowest BCUT2D eigenvalue weighted by Gasteiger charge is -2.21. The summed E-state index contributed by atoms with van der Waals surface area (Å²) in [6, 6.07) is 1.83. The van der Waals surface area contributed by atoms with Crippen molar-refractivity contribution in [2.24, 2.45) is 0 Å². The molecule has 1 aliphatic rings. The summed E-state index contributed by atoms with van der Waals surface area (Å²) >= 11 is 1.55. The van der Waals surface area contributed by atoms with Crippen LogP contribution in [0.1, 0.15) is 37.4 Å². The topological polar surface area (TPSA) is 52.6 Å². The molecule has 100 valence electrons. The van der Waals surface area contributed by atoms with Crippen LogP contribution in [-0.2, 0) is 0 Å². The summed E-state index contributed by atoms with van der Waals surface area (Å²) in [4.78, 5) is 13.8. The summed E-state index contributed by atoms with van der Waals surface area (Å²) in [5, 5.41) is 16.5. The van der Waals surface area contributed by atoms with Gasteiger partial charge in [0.2, 0.25) is 0 Å². The first-order chi connectivity index (χ1) is 8.77. The number of nitrogens with zero attached hydrogens (tertiary/aromatic N) is 1. The molecule has 0 aromatic carbocycles. The van der Waals surface area contributed by atoms with Gasteiger partial charge < -0.3 is 15.3 Å². The molecule has 1 aromatic heterocycles. The number of nitrogens with one attached hydrogen (secondary N) is 1. The van der Waals surface area contributed by atoms with Crippen LogP contribution in [0.3, 0.4) is 0 Å². The molecule has 2 heterocycles. The van der Waals surface area contributed by atoms with E-state index in [-0.39, 0.29) is 12.6 Å². The highest BCUT2D eigenvalue weighted by Gasteiger charge is 2.16. The maximum atomic E-state index is 11.9. The van der Waals surface area contributed by atoms with E-state index in [1.165, 1.54) is 12.8 Å². The molecule has 0 bridgehead atoms. The molecule has 1 aromatic rings. The molecule has 0 spiro atoms. The number of amides is 2. The summed E-state index contributed by atoms with van der Waals surface area (Å²) in [5.41, 5.74) is 0.871. The third kappa shape index (κ3) is 3.71. The third-order valence-electron chi connectivity index (χ3n) is 3.27. The summed E-state index contributed by atoms with van der Waals surface area (Å²) in [6.45, 7) is 1.95. The molecule has 5 heteroatoms. The van der Waals surface area contributed by atoms with Crippen molar-refractivity contribution in [3.63, 3.8) is 0 Å². The van der Waals surface area contributed by atoms with Crippen molar-refractivity contribution in [1.29, 1.82) is 0 Å². The highest BCUT2D eigenvalue weighted by atomic mass is 32.1. The average Bonchev–Trinajstić information content (AvgIpc) is 2.78. The Morgan fingerprint density at radius 1 is 1.39 bits per heavy atom. The van der Waals surface area contributed by atoms with Crippen molar-refractivity contribution in [1.82, 2.24) is 10.2 Å². The van der Waals surface area contributed by atoms with Crippen LogP contribution >= 0.6 is 11.3 Å². The van der Waals surface area contributed by atoms with Crippen LogP contribution in [0.15, 0.2) is 16.8 Å². The lowest BCUT2D eigenvalue weighted by molar-refractivity contribution is 0.162. The molecular weight excluding hydrogens is 248 g/mol. The maximum Gasteiger partial charge on any atom is 0.317 e.